The lowest BCUT2D eigenvalue weighted by molar-refractivity contribution is 0.0704. The second-order valence-corrected chi connectivity index (χ2v) is 7.25. The average molecular weight is 392 g/mol. The molecule has 1 atom stereocenters. The van der Waals surface area contributed by atoms with Crippen LogP contribution in [-0.4, -0.2) is 53.4 Å². The van der Waals surface area contributed by atoms with Gasteiger partial charge in [0.05, 0.1) is 24.2 Å². The highest BCUT2D eigenvalue weighted by Crippen LogP contribution is 2.33. The lowest BCUT2D eigenvalue weighted by Gasteiger charge is -2.37. The first-order valence-corrected chi connectivity index (χ1v) is 9.71. The molecular formula is C22H24N4O3. The van der Waals surface area contributed by atoms with Gasteiger partial charge in [0.25, 0.3) is 11.5 Å². The van der Waals surface area contributed by atoms with Crippen molar-refractivity contribution >= 4 is 22.4 Å². The molecule has 29 heavy (non-hydrogen) atoms. The van der Waals surface area contributed by atoms with Crippen LogP contribution in [0.25, 0.3) is 10.8 Å². The van der Waals surface area contributed by atoms with Crippen molar-refractivity contribution in [3.05, 3.63) is 64.6 Å². The Morgan fingerprint density at radius 1 is 1.17 bits per heavy atom. The summed E-state index contributed by atoms with van der Waals surface area (Å²) in [5.41, 5.74) is 1.13. The molecule has 0 bridgehead atoms. The van der Waals surface area contributed by atoms with Crippen LogP contribution in [0.4, 0.5) is 5.69 Å². The van der Waals surface area contributed by atoms with Crippen LogP contribution in [0.3, 0.4) is 0 Å². The van der Waals surface area contributed by atoms with E-state index in [-0.39, 0.29) is 23.3 Å². The van der Waals surface area contributed by atoms with E-state index in [2.05, 4.69) is 16.9 Å². The Balaban J connectivity index is 1.59. The summed E-state index contributed by atoms with van der Waals surface area (Å²) in [6.45, 7) is 4.09. The van der Waals surface area contributed by atoms with Crippen LogP contribution in [0.15, 0.2) is 53.3 Å². The van der Waals surface area contributed by atoms with Gasteiger partial charge in [-0.3, -0.25) is 9.59 Å². The molecule has 0 unspecified atom stereocenters. The van der Waals surface area contributed by atoms with Crippen molar-refractivity contribution < 1.29 is 9.53 Å². The highest BCUT2D eigenvalue weighted by atomic mass is 16.5. The summed E-state index contributed by atoms with van der Waals surface area (Å²) in [6.07, 6.45) is -0.155. The van der Waals surface area contributed by atoms with Gasteiger partial charge in [-0.2, -0.15) is 5.10 Å². The molecule has 1 aliphatic rings. The fourth-order valence-corrected chi connectivity index (χ4v) is 3.80. The van der Waals surface area contributed by atoms with Crippen molar-refractivity contribution in [2.75, 3.05) is 31.6 Å². The monoisotopic (exact) mass is 392 g/mol. The number of carbonyl (C=O) groups is 1. The fourth-order valence-electron chi connectivity index (χ4n) is 3.80. The predicted octanol–water partition coefficient (Wildman–Crippen LogP) is 2.29. The number of likely N-dealkylation sites (N-methyl/N-ethyl adjacent to an activating group) is 2. The number of aryl methyl sites for hydroxylation is 1. The van der Waals surface area contributed by atoms with E-state index in [1.807, 2.05) is 24.3 Å². The number of amides is 1. The highest BCUT2D eigenvalue weighted by molar-refractivity contribution is 6.04. The molecule has 1 aliphatic heterocycles. The first-order chi connectivity index (χ1) is 14.0. The Labute approximate surface area is 169 Å². The zero-order valence-electron chi connectivity index (χ0n) is 16.8. The summed E-state index contributed by atoms with van der Waals surface area (Å²) in [7, 11) is 3.30. The normalized spacial score (nSPS) is 15.7. The number of fused-ring (bicyclic) bond motifs is 2. The first kappa shape index (κ1) is 19.0. The van der Waals surface area contributed by atoms with Gasteiger partial charge in [0.1, 0.15) is 11.9 Å². The number of carbonyl (C=O) groups excluding carboxylic acids is 1. The van der Waals surface area contributed by atoms with Crippen LogP contribution in [0.5, 0.6) is 5.75 Å². The minimum atomic E-state index is -0.234. The maximum absolute atomic E-state index is 13.2. The van der Waals surface area contributed by atoms with E-state index < -0.39 is 0 Å². The summed E-state index contributed by atoms with van der Waals surface area (Å²) in [5.74, 6) is 0.597. The van der Waals surface area contributed by atoms with E-state index in [9.17, 15) is 9.59 Å². The Bertz CT molecular complexity index is 1120. The molecular weight excluding hydrogens is 368 g/mol. The minimum Gasteiger partial charge on any atom is -0.485 e. The molecule has 2 heterocycles. The molecule has 0 saturated carbocycles. The predicted molar refractivity (Wildman–Crippen MR) is 113 cm³/mol. The largest absolute Gasteiger partial charge is 0.485 e. The number of hydrogen-bond acceptors (Lipinski definition) is 5. The number of anilines is 1. The van der Waals surface area contributed by atoms with Gasteiger partial charge in [0, 0.05) is 26.0 Å². The summed E-state index contributed by atoms with van der Waals surface area (Å²) < 4.78 is 7.36. The summed E-state index contributed by atoms with van der Waals surface area (Å²) in [6, 6.07) is 15.0. The van der Waals surface area contributed by atoms with Gasteiger partial charge in [0.15, 0.2) is 5.69 Å². The molecule has 0 N–H and O–H groups in total. The molecule has 150 valence electrons. The zero-order chi connectivity index (χ0) is 20.5. The number of nitrogens with zero attached hydrogens (tertiary/aromatic N) is 4. The van der Waals surface area contributed by atoms with E-state index in [0.717, 1.165) is 18.0 Å². The van der Waals surface area contributed by atoms with Crippen molar-refractivity contribution in [2.45, 2.75) is 13.0 Å². The molecule has 0 fully saturated rings. The van der Waals surface area contributed by atoms with Crippen molar-refractivity contribution in [2.24, 2.45) is 7.05 Å². The quantitative estimate of drug-likeness (QED) is 0.682. The molecule has 7 heteroatoms. The number of aromatic nitrogens is 2. The van der Waals surface area contributed by atoms with Crippen molar-refractivity contribution in [1.29, 1.82) is 0 Å². The van der Waals surface area contributed by atoms with Gasteiger partial charge in [-0.05, 0) is 25.1 Å². The third-order valence-corrected chi connectivity index (χ3v) is 5.29. The third-order valence-electron chi connectivity index (χ3n) is 5.29. The maximum atomic E-state index is 13.2. The minimum absolute atomic E-state index is 0.155. The Morgan fingerprint density at radius 2 is 1.86 bits per heavy atom. The van der Waals surface area contributed by atoms with Crippen LogP contribution >= 0.6 is 0 Å². The Kier molecular flexibility index (Phi) is 4.96. The lowest BCUT2D eigenvalue weighted by atomic mass is 10.1. The Morgan fingerprint density at radius 3 is 2.62 bits per heavy atom. The number of rotatable bonds is 4. The van der Waals surface area contributed by atoms with Gasteiger partial charge in [-0.15, -0.1) is 0 Å². The number of ether oxygens (including phenoxy) is 1. The number of hydrogen-bond donors (Lipinski definition) is 0. The molecule has 0 spiro atoms. The molecule has 3 aromatic rings. The molecule has 1 aromatic heterocycles. The summed E-state index contributed by atoms with van der Waals surface area (Å²) in [4.78, 5) is 29.4. The first-order valence-electron chi connectivity index (χ1n) is 9.71. The van der Waals surface area contributed by atoms with Gasteiger partial charge >= 0.3 is 0 Å². The van der Waals surface area contributed by atoms with E-state index in [0.29, 0.717) is 23.9 Å². The maximum Gasteiger partial charge on any atom is 0.274 e. The highest BCUT2D eigenvalue weighted by Gasteiger charge is 2.28. The van der Waals surface area contributed by atoms with Crippen LogP contribution in [0.2, 0.25) is 0 Å². The number of benzene rings is 2. The second kappa shape index (κ2) is 7.58. The van der Waals surface area contributed by atoms with Crippen molar-refractivity contribution in [3.8, 4) is 5.75 Å². The smallest absolute Gasteiger partial charge is 0.274 e. The van der Waals surface area contributed by atoms with E-state index in [1.165, 1.54) is 4.68 Å². The summed E-state index contributed by atoms with van der Waals surface area (Å²) in [5, 5.41) is 5.30. The van der Waals surface area contributed by atoms with Gasteiger partial charge in [0.2, 0.25) is 0 Å². The summed E-state index contributed by atoms with van der Waals surface area (Å²) >= 11 is 0. The molecule has 0 aliphatic carbocycles. The zero-order valence-corrected chi connectivity index (χ0v) is 16.8. The van der Waals surface area contributed by atoms with Gasteiger partial charge in [-0.25, -0.2) is 4.68 Å². The Hall–Kier alpha value is -3.35. The third kappa shape index (κ3) is 3.44. The number of para-hydroxylation sites is 2. The van der Waals surface area contributed by atoms with E-state index >= 15 is 0 Å². The SMILES string of the molecule is CCN1C[C@H](CN(C)C(=O)c2nn(C)c(=O)c3ccccc23)Oc2ccccc21. The molecule has 4 rings (SSSR count). The van der Waals surface area contributed by atoms with E-state index in [1.54, 1.807) is 43.3 Å². The standard InChI is InChI=1S/C22H24N4O3/c1-4-26-14-15(29-19-12-8-7-11-18(19)26)13-24(2)22(28)20-16-9-5-6-10-17(16)21(27)25(3)23-20/h5-12,15H,4,13-14H2,1-3H3/t15-/m0/s1. The van der Waals surface area contributed by atoms with Crippen molar-refractivity contribution in [3.63, 3.8) is 0 Å². The molecule has 0 saturated heterocycles. The van der Waals surface area contributed by atoms with Gasteiger partial charge in [-0.1, -0.05) is 30.3 Å². The molecule has 0 radical (unpaired) electrons. The van der Waals surface area contributed by atoms with Crippen LogP contribution < -0.4 is 15.2 Å². The fraction of sp³-hybridized carbons (Fsp3) is 0.318. The van der Waals surface area contributed by atoms with E-state index in [4.69, 9.17) is 4.74 Å². The molecule has 7 nitrogen and oxygen atoms in total. The lowest BCUT2D eigenvalue weighted by Crippen LogP contribution is -2.47. The van der Waals surface area contributed by atoms with Gasteiger partial charge < -0.3 is 14.5 Å². The topological polar surface area (TPSA) is 67.7 Å². The van der Waals surface area contributed by atoms with Crippen molar-refractivity contribution in [1.82, 2.24) is 14.7 Å². The van der Waals surface area contributed by atoms with Crippen LogP contribution in [0, 0.1) is 0 Å². The molecule has 2 aromatic carbocycles. The molecule has 1 amide bonds. The van der Waals surface area contributed by atoms with Crippen LogP contribution in [-0.2, 0) is 7.05 Å². The average Bonchev–Trinajstić information content (AvgIpc) is 2.75. The second-order valence-electron chi connectivity index (χ2n) is 7.25. The van der Waals surface area contributed by atoms with Crippen LogP contribution in [0.1, 0.15) is 17.4 Å².